The third-order valence-electron chi connectivity index (χ3n) is 3.76. The van der Waals surface area contributed by atoms with Crippen molar-refractivity contribution >= 4 is 17.3 Å². The van der Waals surface area contributed by atoms with E-state index in [-0.39, 0.29) is 11.8 Å². The van der Waals surface area contributed by atoms with Crippen LogP contribution in [0.25, 0.3) is 0 Å². The molecule has 0 aliphatic heterocycles. The molecular weight excluding hydrogens is 356 g/mol. The zero-order valence-electron chi connectivity index (χ0n) is 14.8. The third-order valence-corrected chi connectivity index (χ3v) is 4.02. The minimum Gasteiger partial charge on any atom is -0.435 e. The highest BCUT2D eigenvalue weighted by molar-refractivity contribution is 7.80. The molecule has 0 aliphatic carbocycles. The molecule has 140 valence electrons. The number of ether oxygens (including phenoxy) is 1. The van der Waals surface area contributed by atoms with Gasteiger partial charge in [0.2, 0.25) is 0 Å². The summed E-state index contributed by atoms with van der Waals surface area (Å²) in [5.74, 6) is 0.130. The van der Waals surface area contributed by atoms with Crippen molar-refractivity contribution in [2.45, 2.75) is 12.7 Å². The van der Waals surface area contributed by atoms with E-state index in [1.54, 1.807) is 12.1 Å². The number of hydrogen-bond acceptors (Lipinski definition) is 2. The first-order valence-corrected chi connectivity index (χ1v) is 8.79. The number of alkyl halides is 2. The minimum absolute atomic E-state index is 0.130. The van der Waals surface area contributed by atoms with Crippen LogP contribution in [0, 0.1) is 0 Å². The van der Waals surface area contributed by atoms with Crippen molar-refractivity contribution in [1.82, 2.24) is 10.6 Å². The summed E-state index contributed by atoms with van der Waals surface area (Å²) in [7, 11) is 4.15. The van der Waals surface area contributed by atoms with Gasteiger partial charge in [0.25, 0.3) is 0 Å². The Morgan fingerprint density at radius 3 is 2.23 bits per heavy atom. The lowest BCUT2D eigenvalue weighted by atomic mass is 9.99. The summed E-state index contributed by atoms with van der Waals surface area (Å²) in [5, 5.41) is 7.05. The number of thiocarbonyl (C=S) groups is 1. The van der Waals surface area contributed by atoms with Gasteiger partial charge in [-0.1, -0.05) is 42.5 Å². The van der Waals surface area contributed by atoms with Gasteiger partial charge in [-0.3, -0.25) is 0 Å². The van der Waals surface area contributed by atoms with Crippen molar-refractivity contribution < 1.29 is 18.4 Å². The van der Waals surface area contributed by atoms with Crippen LogP contribution >= 0.6 is 12.2 Å². The molecule has 0 heterocycles. The Labute approximate surface area is 158 Å². The maximum Gasteiger partial charge on any atom is 0.387 e. The number of quaternary nitrogens is 1. The van der Waals surface area contributed by atoms with E-state index < -0.39 is 6.61 Å². The first kappa shape index (κ1) is 20.1. The van der Waals surface area contributed by atoms with Crippen molar-refractivity contribution in [3.05, 3.63) is 65.7 Å². The Hall–Kier alpha value is -2.25. The number of halogens is 2. The number of likely N-dealkylation sites (N-methyl/N-ethyl adjacent to an activating group) is 1. The average molecular weight is 380 g/mol. The summed E-state index contributed by atoms with van der Waals surface area (Å²) in [6.07, 6.45) is 0. The van der Waals surface area contributed by atoms with Crippen LogP contribution in [-0.2, 0) is 0 Å². The van der Waals surface area contributed by atoms with Gasteiger partial charge in [-0.2, -0.15) is 8.78 Å². The second-order valence-corrected chi connectivity index (χ2v) is 6.56. The van der Waals surface area contributed by atoms with Crippen molar-refractivity contribution in [2.24, 2.45) is 0 Å². The normalized spacial score (nSPS) is 12.1. The Balaban J connectivity index is 2.13. The van der Waals surface area contributed by atoms with Crippen LogP contribution in [0.5, 0.6) is 5.75 Å². The molecule has 2 aromatic carbocycles. The second-order valence-electron chi connectivity index (χ2n) is 6.15. The van der Waals surface area contributed by atoms with Crippen LogP contribution in [-0.4, -0.2) is 38.9 Å². The molecule has 0 unspecified atom stereocenters. The van der Waals surface area contributed by atoms with Crippen molar-refractivity contribution in [3.8, 4) is 5.75 Å². The predicted octanol–water partition coefficient (Wildman–Crippen LogP) is 1.99. The maximum atomic E-state index is 12.3. The lowest BCUT2D eigenvalue weighted by molar-refractivity contribution is -0.856. The molecule has 2 aromatic rings. The Bertz CT molecular complexity index is 681. The van der Waals surface area contributed by atoms with E-state index >= 15 is 0 Å². The number of hydrogen-bond donors (Lipinski definition) is 3. The van der Waals surface area contributed by atoms with Crippen molar-refractivity contribution in [3.63, 3.8) is 0 Å². The monoisotopic (exact) mass is 380 g/mol. The molecule has 7 heteroatoms. The lowest BCUT2D eigenvalue weighted by Crippen LogP contribution is -3.06. The van der Waals surface area contributed by atoms with E-state index in [1.165, 1.54) is 17.0 Å². The molecule has 0 spiro atoms. The van der Waals surface area contributed by atoms with Crippen molar-refractivity contribution in [1.29, 1.82) is 0 Å². The quantitative estimate of drug-likeness (QED) is 0.613. The lowest BCUT2D eigenvalue weighted by Gasteiger charge is -2.22. The summed E-state index contributed by atoms with van der Waals surface area (Å²) in [5.41, 5.74) is 1.93. The summed E-state index contributed by atoms with van der Waals surface area (Å²) in [6, 6.07) is 16.2. The van der Waals surface area contributed by atoms with E-state index in [9.17, 15) is 8.78 Å². The molecule has 0 radical (unpaired) electrons. The Kier molecular flexibility index (Phi) is 7.74. The van der Waals surface area contributed by atoms with Gasteiger partial charge in [-0.15, -0.1) is 0 Å². The van der Waals surface area contributed by atoms with Gasteiger partial charge in [0.1, 0.15) is 5.75 Å². The molecule has 2 rings (SSSR count). The average Bonchev–Trinajstić information content (AvgIpc) is 2.60. The summed E-state index contributed by atoms with van der Waals surface area (Å²) in [4.78, 5) is 1.33. The predicted molar refractivity (Wildman–Crippen MR) is 103 cm³/mol. The minimum atomic E-state index is -2.83. The highest BCUT2D eigenvalue weighted by Crippen LogP contribution is 2.24. The first-order chi connectivity index (χ1) is 12.5. The molecule has 1 atom stereocenters. The van der Waals surface area contributed by atoms with Gasteiger partial charge >= 0.3 is 6.61 Å². The van der Waals surface area contributed by atoms with Crippen LogP contribution < -0.4 is 20.3 Å². The fourth-order valence-corrected chi connectivity index (χ4v) is 2.67. The van der Waals surface area contributed by atoms with E-state index in [4.69, 9.17) is 12.2 Å². The largest absolute Gasteiger partial charge is 0.435 e. The van der Waals surface area contributed by atoms with Gasteiger partial charge in [-0.05, 0) is 35.5 Å². The first-order valence-electron chi connectivity index (χ1n) is 8.39. The topological polar surface area (TPSA) is 37.7 Å². The van der Waals surface area contributed by atoms with Crippen LogP contribution in [0.15, 0.2) is 54.6 Å². The molecular formula is C19H24F2N3OS+. The summed E-state index contributed by atoms with van der Waals surface area (Å²) in [6.45, 7) is -1.13. The van der Waals surface area contributed by atoms with Gasteiger partial charge in [0, 0.05) is 0 Å². The number of nitrogens with one attached hydrogen (secondary N) is 3. The molecule has 0 fully saturated rings. The standard InChI is InChI=1S/C19H23F2N3OS/c1-24(2)13-12-22-19(26)23-17(14-6-4-3-5-7-14)15-8-10-16(11-9-15)25-18(20)21/h3-11,17-18H,12-13H2,1-2H3,(H2,22,23,26)/p+1/t17-/m1/s1. The van der Waals surface area contributed by atoms with Crippen molar-refractivity contribution in [2.75, 3.05) is 27.2 Å². The third kappa shape index (κ3) is 6.57. The highest BCUT2D eigenvalue weighted by Gasteiger charge is 2.16. The van der Waals surface area contributed by atoms with E-state index in [0.29, 0.717) is 5.11 Å². The smallest absolute Gasteiger partial charge is 0.387 e. The Morgan fingerprint density at radius 1 is 1.04 bits per heavy atom. The molecule has 0 saturated carbocycles. The van der Waals surface area contributed by atoms with E-state index in [1.807, 2.05) is 30.3 Å². The fraction of sp³-hybridized carbons (Fsp3) is 0.316. The zero-order chi connectivity index (χ0) is 18.9. The number of benzene rings is 2. The molecule has 3 N–H and O–H groups in total. The molecule has 4 nitrogen and oxygen atoms in total. The molecule has 0 saturated heterocycles. The maximum absolute atomic E-state index is 12.3. The highest BCUT2D eigenvalue weighted by atomic mass is 32.1. The molecule has 0 amide bonds. The van der Waals surface area contributed by atoms with E-state index in [0.717, 1.165) is 24.2 Å². The second kappa shape index (κ2) is 10.0. The van der Waals surface area contributed by atoms with Gasteiger partial charge in [-0.25, -0.2) is 0 Å². The van der Waals surface area contributed by atoms with Crippen LogP contribution in [0.4, 0.5) is 8.78 Å². The van der Waals surface area contributed by atoms with Gasteiger partial charge < -0.3 is 20.3 Å². The molecule has 0 aromatic heterocycles. The van der Waals surface area contributed by atoms with Gasteiger partial charge in [0.05, 0.1) is 33.2 Å². The zero-order valence-corrected chi connectivity index (χ0v) is 15.7. The molecule has 26 heavy (non-hydrogen) atoms. The number of rotatable bonds is 8. The van der Waals surface area contributed by atoms with Crippen LogP contribution in [0.3, 0.4) is 0 Å². The summed E-state index contributed by atoms with van der Waals surface area (Å²) < 4.78 is 29.1. The Morgan fingerprint density at radius 2 is 1.65 bits per heavy atom. The fourth-order valence-electron chi connectivity index (χ4n) is 2.45. The molecule has 0 aliphatic rings. The molecule has 0 bridgehead atoms. The van der Waals surface area contributed by atoms with Gasteiger partial charge in [0.15, 0.2) is 5.11 Å². The SMILES string of the molecule is C[NH+](C)CCNC(=S)N[C@H](c1ccccc1)c1ccc(OC(F)F)cc1. The summed E-state index contributed by atoms with van der Waals surface area (Å²) >= 11 is 5.41. The van der Waals surface area contributed by atoms with E-state index in [2.05, 4.69) is 29.5 Å². The van der Waals surface area contributed by atoms with Crippen LogP contribution in [0.1, 0.15) is 17.2 Å². The van der Waals surface area contributed by atoms with Crippen LogP contribution in [0.2, 0.25) is 0 Å².